The Bertz CT molecular complexity index is 1790. The average molecular weight is 739 g/mol. The molecule has 54 heavy (non-hydrogen) atoms. The van der Waals surface area contributed by atoms with Crippen LogP contribution in [0.1, 0.15) is 105 Å². The molecule has 1 unspecified atom stereocenters. The van der Waals surface area contributed by atoms with Crippen LogP contribution in [0.3, 0.4) is 0 Å². The lowest BCUT2D eigenvalue weighted by Gasteiger charge is -2.21. The van der Waals surface area contributed by atoms with Gasteiger partial charge in [0.2, 0.25) is 0 Å². The highest BCUT2D eigenvalue weighted by Crippen LogP contribution is 2.47. The standard InChI is InChI=1S/C44H50O10/c1-4-41(45)51-26-12-25-49-33-17-15-32(16-18-33)44(48)54-36-20-22-38-37-21-19-35(28-39(37)31(3)40(38)29-36)50-23-10-5-6-11-24-52-43(47)30(2)27-42(46)53-34-13-8-7-9-14-34/h4,15-22,28-29,31,34H,1-2,5-14,23-27H2,3H3. The fraction of sp³-hybridized carbons (Fsp3) is 0.409. The number of hydrogen-bond acceptors (Lipinski definition) is 10. The lowest BCUT2D eigenvalue weighted by atomic mass is 9.98. The second-order valence-electron chi connectivity index (χ2n) is 13.6. The Morgan fingerprint density at radius 1 is 0.704 bits per heavy atom. The van der Waals surface area contributed by atoms with E-state index in [0.717, 1.165) is 85.4 Å². The minimum Gasteiger partial charge on any atom is -0.494 e. The van der Waals surface area contributed by atoms with E-state index in [1.165, 1.54) is 6.42 Å². The number of rotatable bonds is 20. The Morgan fingerprint density at radius 2 is 1.30 bits per heavy atom. The Labute approximate surface area is 317 Å². The van der Waals surface area contributed by atoms with E-state index in [4.69, 9.17) is 28.4 Å². The molecule has 5 rings (SSSR count). The summed E-state index contributed by atoms with van der Waals surface area (Å²) < 4.78 is 33.2. The molecular weight excluding hydrogens is 688 g/mol. The largest absolute Gasteiger partial charge is 0.494 e. The number of esters is 4. The van der Waals surface area contributed by atoms with Gasteiger partial charge in [-0.3, -0.25) is 4.79 Å². The van der Waals surface area contributed by atoms with Crippen molar-refractivity contribution in [1.82, 2.24) is 0 Å². The molecule has 0 bridgehead atoms. The summed E-state index contributed by atoms with van der Waals surface area (Å²) >= 11 is 0. The highest BCUT2D eigenvalue weighted by Gasteiger charge is 2.27. The molecule has 2 aliphatic carbocycles. The van der Waals surface area contributed by atoms with E-state index in [1.54, 1.807) is 24.3 Å². The van der Waals surface area contributed by atoms with Crippen LogP contribution in [0.15, 0.2) is 85.5 Å². The fourth-order valence-corrected chi connectivity index (χ4v) is 6.61. The maximum Gasteiger partial charge on any atom is 0.343 e. The van der Waals surface area contributed by atoms with E-state index in [2.05, 4.69) is 32.2 Å². The summed E-state index contributed by atoms with van der Waals surface area (Å²) in [4.78, 5) is 48.4. The SMILES string of the molecule is C=CC(=O)OCCCOc1ccc(C(=O)Oc2ccc3c(c2)C(C)c2cc(OCCCCCCOC(=O)C(=C)CC(=O)OC4CCCCC4)ccc2-3)cc1. The summed E-state index contributed by atoms with van der Waals surface area (Å²) in [6.07, 6.45) is 9.95. The molecule has 1 fully saturated rings. The summed E-state index contributed by atoms with van der Waals surface area (Å²) in [6.45, 7) is 10.7. The Morgan fingerprint density at radius 3 is 2.00 bits per heavy atom. The normalized spacial score (nSPS) is 14.6. The first kappa shape index (κ1) is 39.8. The topological polar surface area (TPSA) is 124 Å². The lowest BCUT2D eigenvalue weighted by Crippen LogP contribution is -2.22. The maximum atomic E-state index is 12.9. The van der Waals surface area contributed by atoms with Gasteiger partial charge in [-0.05, 0) is 122 Å². The zero-order valence-electron chi connectivity index (χ0n) is 31.1. The second kappa shape index (κ2) is 20.2. The minimum absolute atomic E-state index is 0.0435. The van der Waals surface area contributed by atoms with Crippen LogP contribution < -0.4 is 14.2 Å². The second-order valence-corrected chi connectivity index (χ2v) is 13.6. The zero-order valence-corrected chi connectivity index (χ0v) is 31.1. The number of carbonyl (C=O) groups is 4. The van der Waals surface area contributed by atoms with Crippen molar-refractivity contribution in [3.05, 3.63) is 102 Å². The average Bonchev–Trinajstić information content (AvgIpc) is 3.45. The molecule has 0 aromatic heterocycles. The molecule has 0 spiro atoms. The van der Waals surface area contributed by atoms with Crippen molar-refractivity contribution in [2.45, 2.75) is 89.6 Å². The first-order valence-electron chi connectivity index (χ1n) is 18.9. The van der Waals surface area contributed by atoms with Crippen molar-refractivity contribution in [2.24, 2.45) is 0 Å². The maximum absolute atomic E-state index is 12.9. The molecule has 0 heterocycles. The molecular formula is C44H50O10. The van der Waals surface area contributed by atoms with Gasteiger partial charge in [0.15, 0.2) is 0 Å². The number of carbonyl (C=O) groups excluding carboxylic acids is 4. The molecule has 10 nitrogen and oxygen atoms in total. The number of ether oxygens (including phenoxy) is 6. The van der Waals surface area contributed by atoms with Crippen LogP contribution in [-0.4, -0.2) is 56.4 Å². The molecule has 0 radical (unpaired) electrons. The van der Waals surface area contributed by atoms with Crippen LogP contribution in [0, 0.1) is 0 Å². The van der Waals surface area contributed by atoms with Crippen LogP contribution in [0.4, 0.5) is 0 Å². The summed E-state index contributed by atoms with van der Waals surface area (Å²) in [5.41, 5.74) is 5.01. The van der Waals surface area contributed by atoms with Crippen molar-refractivity contribution >= 4 is 23.9 Å². The molecule has 0 saturated heterocycles. The van der Waals surface area contributed by atoms with Gasteiger partial charge in [-0.15, -0.1) is 0 Å². The number of unbranched alkanes of at least 4 members (excludes halogenated alkanes) is 3. The van der Waals surface area contributed by atoms with Gasteiger partial charge in [0.1, 0.15) is 23.4 Å². The van der Waals surface area contributed by atoms with Gasteiger partial charge in [0.05, 0.1) is 38.4 Å². The molecule has 0 amide bonds. The minimum atomic E-state index is -0.544. The van der Waals surface area contributed by atoms with E-state index < -0.39 is 23.9 Å². The number of benzene rings is 3. The van der Waals surface area contributed by atoms with E-state index in [-0.39, 0.29) is 37.2 Å². The molecule has 10 heteroatoms. The van der Waals surface area contributed by atoms with Crippen LogP contribution in [0.25, 0.3) is 11.1 Å². The molecule has 0 aliphatic heterocycles. The smallest absolute Gasteiger partial charge is 0.343 e. The first-order valence-corrected chi connectivity index (χ1v) is 18.9. The highest BCUT2D eigenvalue weighted by molar-refractivity contribution is 5.93. The van der Waals surface area contributed by atoms with Gasteiger partial charge >= 0.3 is 23.9 Å². The van der Waals surface area contributed by atoms with E-state index in [9.17, 15) is 19.2 Å². The summed E-state index contributed by atoms with van der Waals surface area (Å²) in [6, 6.07) is 18.6. The third-order valence-electron chi connectivity index (χ3n) is 9.58. The lowest BCUT2D eigenvalue weighted by molar-refractivity contribution is -0.151. The molecule has 0 N–H and O–H groups in total. The van der Waals surface area contributed by atoms with Gasteiger partial charge in [0, 0.05) is 24.0 Å². The van der Waals surface area contributed by atoms with Gasteiger partial charge in [-0.2, -0.15) is 0 Å². The molecule has 3 aromatic rings. The van der Waals surface area contributed by atoms with Crippen molar-refractivity contribution in [1.29, 1.82) is 0 Å². The third-order valence-corrected chi connectivity index (χ3v) is 9.58. The molecule has 1 atom stereocenters. The van der Waals surface area contributed by atoms with Gasteiger partial charge < -0.3 is 28.4 Å². The van der Waals surface area contributed by atoms with Crippen LogP contribution in [0.5, 0.6) is 17.2 Å². The van der Waals surface area contributed by atoms with Crippen molar-refractivity contribution in [3.63, 3.8) is 0 Å². The summed E-state index contributed by atoms with van der Waals surface area (Å²) in [5.74, 6) is 0.0762. The number of hydrogen-bond donors (Lipinski definition) is 0. The van der Waals surface area contributed by atoms with Crippen LogP contribution >= 0.6 is 0 Å². The van der Waals surface area contributed by atoms with Crippen molar-refractivity contribution in [2.75, 3.05) is 26.4 Å². The summed E-state index contributed by atoms with van der Waals surface area (Å²) in [7, 11) is 0. The van der Waals surface area contributed by atoms with Crippen molar-refractivity contribution < 1.29 is 47.6 Å². The first-order chi connectivity index (χ1) is 26.2. The zero-order chi connectivity index (χ0) is 38.3. The monoisotopic (exact) mass is 738 g/mol. The molecule has 1 saturated carbocycles. The Kier molecular flexibility index (Phi) is 14.9. The number of fused-ring (bicyclic) bond motifs is 3. The molecule has 286 valence electrons. The van der Waals surface area contributed by atoms with Gasteiger partial charge in [-0.1, -0.05) is 38.6 Å². The Hall–Kier alpha value is -5.38. The van der Waals surface area contributed by atoms with E-state index in [0.29, 0.717) is 36.7 Å². The third kappa shape index (κ3) is 11.6. The highest BCUT2D eigenvalue weighted by atomic mass is 16.6. The molecule has 2 aliphatic rings. The van der Waals surface area contributed by atoms with Crippen LogP contribution in [0.2, 0.25) is 0 Å². The van der Waals surface area contributed by atoms with E-state index in [1.807, 2.05) is 24.3 Å². The van der Waals surface area contributed by atoms with Gasteiger partial charge in [0.25, 0.3) is 0 Å². The van der Waals surface area contributed by atoms with Gasteiger partial charge in [-0.25, -0.2) is 14.4 Å². The van der Waals surface area contributed by atoms with Crippen LogP contribution in [-0.2, 0) is 28.6 Å². The van der Waals surface area contributed by atoms with E-state index >= 15 is 0 Å². The summed E-state index contributed by atoms with van der Waals surface area (Å²) in [5, 5.41) is 0. The predicted molar refractivity (Wildman–Crippen MR) is 204 cm³/mol. The molecule has 3 aromatic carbocycles. The predicted octanol–water partition coefficient (Wildman–Crippen LogP) is 8.84. The quantitative estimate of drug-likeness (QED) is 0.0365. The van der Waals surface area contributed by atoms with Crippen molar-refractivity contribution in [3.8, 4) is 28.4 Å². The Balaban J connectivity index is 0.982. The fourth-order valence-electron chi connectivity index (χ4n) is 6.61.